The van der Waals surface area contributed by atoms with E-state index in [0.717, 1.165) is 6.42 Å². The molecular weight excluding hydrogens is 215 g/mol. The normalized spacial score (nSPS) is 12.4. The monoisotopic (exact) mass is 228 g/mol. The topological polar surface area (TPSA) is 34.1 Å². The number of ketones is 1. The van der Waals surface area contributed by atoms with E-state index in [0.29, 0.717) is 6.42 Å². The Balaban J connectivity index is 2.70. The molecule has 4 heteroatoms. The Morgan fingerprint density at radius 3 is 2.67 bits per heavy atom. The van der Waals surface area contributed by atoms with E-state index in [1.165, 1.54) is 18.2 Å². The fraction of sp³-hybridized carbons (Fsp3) is 0.364. The molecule has 0 radical (unpaired) electrons. The van der Waals surface area contributed by atoms with Gasteiger partial charge in [-0.3, -0.25) is 9.00 Å². The predicted octanol–water partition coefficient (Wildman–Crippen LogP) is 2.30. The van der Waals surface area contributed by atoms with E-state index in [2.05, 4.69) is 0 Å². The van der Waals surface area contributed by atoms with Crippen molar-refractivity contribution in [2.45, 2.75) is 24.7 Å². The number of Topliss-reactive ketones (excluding diaryl/α,β-unsaturated/α-hetero) is 1. The molecule has 0 bridgehead atoms. The van der Waals surface area contributed by atoms with E-state index in [4.69, 9.17) is 0 Å². The minimum absolute atomic E-state index is 0.0842. The van der Waals surface area contributed by atoms with Gasteiger partial charge in [-0.15, -0.1) is 0 Å². The zero-order valence-electron chi connectivity index (χ0n) is 8.53. The van der Waals surface area contributed by atoms with Crippen LogP contribution in [0.25, 0.3) is 0 Å². The van der Waals surface area contributed by atoms with Crippen LogP contribution in [0.5, 0.6) is 0 Å². The van der Waals surface area contributed by atoms with Crippen molar-refractivity contribution < 1.29 is 13.4 Å². The number of hydrogen-bond donors (Lipinski definition) is 0. The summed E-state index contributed by atoms with van der Waals surface area (Å²) in [6.45, 7) is 1.88. The van der Waals surface area contributed by atoms with Crippen LogP contribution in [0, 0.1) is 5.82 Å². The molecule has 0 spiro atoms. The van der Waals surface area contributed by atoms with Crippen molar-refractivity contribution in [1.82, 2.24) is 0 Å². The van der Waals surface area contributed by atoms with Crippen LogP contribution in [-0.2, 0) is 15.6 Å². The van der Waals surface area contributed by atoms with E-state index in [1.54, 1.807) is 6.07 Å². The summed E-state index contributed by atoms with van der Waals surface area (Å²) in [5.41, 5.74) is 0. The SMILES string of the molecule is CCCC(=O)CS(=O)c1ccccc1F. The molecule has 0 heterocycles. The second kappa shape index (κ2) is 5.75. The third-order valence-corrected chi connectivity index (χ3v) is 3.31. The quantitative estimate of drug-likeness (QED) is 0.775. The highest BCUT2D eigenvalue weighted by atomic mass is 32.2. The maximum atomic E-state index is 13.2. The Hall–Kier alpha value is -1.03. The highest BCUT2D eigenvalue weighted by Crippen LogP contribution is 2.12. The molecule has 0 aliphatic heterocycles. The highest BCUT2D eigenvalue weighted by Gasteiger charge is 2.12. The first-order chi connectivity index (χ1) is 7.15. The van der Waals surface area contributed by atoms with Gasteiger partial charge in [-0.25, -0.2) is 4.39 Å². The molecular formula is C11H13FO2S. The van der Waals surface area contributed by atoms with E-state index < -0.39 is 16.6 Å². The van der Waals surface area contributed by atoms with Crippen molar-refractivity contribution in [2.24, 2.45) is 0 Å². The molecule has 0 N–H and O–H groups in total. The number of hydrogen-bond acceptors (Lipinski definition) is 2. The van der Waals surface area contributed by atoms with E-state index in [9.17, 15) is 13.4 Å². The van der Waals surface area contributed by atoms with E-state index in [-0.39, 0.29) is 16.4 Å². The maximum Gasteiger partial charge on any atom is 0.145 e. The molecule has 0 saturated carbocycles. The Bertz CT molecular complexity index is 377. The Morgan fingerprint density at radius 1 is 1.40 bits per heavy atom. The zero-order valence-corrected chi connectivity index (χ0v) is 9.35. The van der Waals surface area contributed by atoms with Crippen LogP contribution < -0.4 is 0 Å². The van der Waals surface area contributed by atoms with Gasteiger partial charge in [0.25, 0.3) is 0 Å². The summed E-state index contributed by atoms with van der Waals surface area (Å²) in [6.07, 6.45) is 1.13. The van der Waals surface area contributed by atoms with Gasteiger partial charge in [0.05, 0.1) is 21.4 Å². The molecule has 0 saturated heterocycles. The average Bonchev–Trinajstić information content (AvgIpc) is 2.18. The second-order valence-electron chi connectivity index (χ2n) is 3.21. The summed E-state index contributed by atoms with van der Waals surface area (Å²) in [5.74, 6) is -0.686. The average molecular weight is 228 g/mol. The van der Waals surface area contributed by atoms with Crippen LogP contribution in [0.1, 0.15) is 19.8 Å². The van der Waals surface area contributed by atoms with Crippen LogP contribution in [0.2, 0.25) is 0 Å². The van der Waals surface area contributed by atoms with Gasteiger partial charge < -0.3 is 0 Å². The zero-order chi connectivity index (χ0) is 11.3. The molecule has 82 valence electrons. The lowest BCUT2D eigenvalue weighted by Gasteiger charge is -2.02. The summed E-state index contributed by atoms with van der Waals surface area (Å²) in [7, 11) is -1.55. The fourth-order valence-corrected chi connectivity index (χ4v) is 2.31. The molecule has 0 aliphatic rings. The lowest BCUT2D eigenvalue weighted by atomic mass is 10.3. The standard InChI is InChI=1S/C11H13FO2S/c1-2-5-9(13)8-15(14)11-7-4-3-6-10(11)12/h3-4,6-7H,2,5,8H2,1H3. The highest BCUT2D eigenvalue weighted by molar-refractivity contribution is 7.85. The van der Waals surface area contributed by atoms with E-state index >= 15 is 0 Å². The Morgan fingerprint density at radius 2 is 2.07 bits per heavy atom. The molecule has 1 unspecified atom stereocenters. The number of rotatable bonds is 5. The van der Waals surface area contributed by atoms with Gasteiger partial charge in [-0.05, 0) is 18.6 Å². The summed E-state index contributed by atoms with van der Waals surface area (Å²) in [5, 5.41) is 0. The first-order valence-corrected chi connectivity index (χ1v) is 6.11. The number of carbonyl (C=O) groups is 1. The Kier molecular flexibility index (Phi) is 4.62. The lowest BCUT2D eigenvalue weighted by Crippen LogP contribution is -2.11. The molecule has 1 aromatic carbocycles. The second-order valence-corrected chi connectivity index (χ2v) is 4.63. The molecule has 2 nitrogen and oxygen atoms in total. The number of benzene rings is 1. The van der Waals surface area contributed by atoms with Crippen molar-refractivity contribution >= 4 is 16.6 Å². The summed E-state index contributed by atoms with van der Waals surface area (Å²) in [6, 6.07) is 5.84. The van der Waals surface area contributed by atoms with Gasteiger partial charge in [0.2, 0.25) is 0 Å². The molecule has 0 fully saturated rings. The minimum Gasteiger partial charge on any atom is -0.299 e. The third kappa shape index (κ3) is 3.55. The molecule has 0 amide bonds. The molecule has 1 aromatic rings. The molecule has 1 atom stereocenters. The van der Waals surface area contributed by atoms with Crippen molar-refractivity contribution in [3.05, 3.63) is 30.1 Å². The van der Waals surface area contributed by atoms with Crippen molar-refractivity contribution in [3.8, 4) is 0 Å². The largest absolute Gasteiger partial charge is 0.299 e. The van der Waals surface area contributed by atoms with Gasteiger partial charge in [0.15, 0.2) is 0 Å². The lowest BCUT2D eigenvalue weighted by molar-refractivity contribution is -0.116. The van der Waals surface area contributed by atoms with Crippen molar-refractivity contribution in [1.29, 1.82) is 0 Å². The molecule has 15 heavy (non-hydrogen) atoms. The van der Waals surface area contributed by atoms with Crippen LogP contribution in [-0.4, -0.2) is 15.7 Å². The van der Waals surface area contributed by atoms with Gasteiger partial charge in [-0.1, -0.05) is 19.1 Å². The van der Waals surface area contributed by atoms with Crippen LogP contribution >= 0.6 is 0 Å². The summed E-state index contributed by atoms with van der Waals surface area (Å²) < 4.78 is 24.8. The van der Waals surface area contributed by atoms with Crippen LogP contribution in [0.15, 0.2) is 29.2 Å². The van der Waals surface area contributed by atoms with Crippen molar-refractivity contribution in [3.63, 3.8) is 0 Å². The van der Waals surface area contributed by atoms with Crippen molar-refractivity contribution in [2.75, 3.05) is 5.75 Å². The first-order valence-electron chi connectivity index (χ1n) is 4.79. The third-order valence-electron chi connectivity index (χ3n) is 1.90. The van der Waals surface area contributed by atoms with Gasteiger partial charge in [0, 0.05) is 6.42 Å². The number of carbonyl (C=O) groups excluding carboxylic acids is 1. The smallest absolute Gasteiger partial charge is 0.145 e. The molecule has 0 aromatic heterocycles. The molecule has 1 rings (SSSR count). The predicted molar refractivity (Wildman–Crippen MR) is 57.6 cm³/mol. The van der Waals surface area contributed by atoms with Crippen LogP contribution in [0.4, 0.5) is 4.39 Å². The molecule has 0 aliphatic carbocycles. The number of halogens is 1. The summed E-state index contributed by atoms with van der Waals surface area (Å²) in [4.78, 5) is 11.3. The van der Waals surface area contributed by atoms with Gasteiger partial charge in [-0.2, -0.15) is 0 Å². The van der Waals surface area contributed by atoms with Crippen LogP contribution in [0.3, 0.4) is 0 Å². The van der Waals surface area contributed by atoms with Gasteiger partial charge >= 0.3 is 0 Å². The summed E-state index contributed by atoms with van der Waals surface area (Å²) >= 11 is 0. The van der Waals surface area contributed by atoms with E-state index in [1.807, 2.05) is 6.92 Å². The maximum absolute atomic E-state index is 13.2. The van der Waals surface area contributed by atoms with Gasteiger partial charge in [0.1, 0.15) is 11.6 Å². The first kappa shape index (κ1) is 12.0. The fourth-order valence-electron chi connectivity index (χ4n) is 1.20. The Labute approximate surface area is 91.0 Å². The minimum atomic E-state index is -1.55.